The summed E-state index contributed by atoms with van der Waals surface area (Å²) in [5.41, 5.74) is 3.81. The highest BCUT2D eigenvalue weighted by Gasteiger charge is 2.22. The molecule has 0 aromatic heterocycles. The Morgan fingerprint density at radius 3 is 2.16 bits per heavy atom. The zero-order valence-electron chi connectivity index (χ0n) is 17.3. The van der Waals surface area contributed by atoms with Crippen molar-refractivity contribution in [3.05, 3.63) is 95.3 Å². The lowest BCUT2D eigenvalue weighted by Crippen LogP contribution is -2.48. The fourth-order valence-electron chi connectivity index (χ4n) is 3.64. The zero-order valence-corrected chi connectivity index (χ0v) is 17.3. The van der Waals surface area contributed by atoms with Crippen LogP contribution in [0, 0.1) is 12.7 Å². The summed E-state index contributed by atoms with van der Waals surface area (Å²) in [6.07, 6.45) is 0. The molecule has 1 aliphatic rings. The maximum atomic E-state index is 13.3. The van der Waals surface area contributed by atoms with Gasteiger partial charge in [0.15, 0.2) is 0 Å². The number of hydrogen-bond donors (Lipinski definition) is 1. The summed E-state index contributed by atoms with van der Waals surface area (Å²) in [6, 6.07) is 20.8. The number of amides is 2. The van der Waals surface area contributed by atoms with Crippen molar-refractivity contribution < 1.29 is 14.0 Å². The highest BCUT2D eigenvalue weighted by molar-refractivity contribution is 6.04. The van der Waals surface area contributed by atoms with E-state index in [1.165, 1.54) is 18.2 Å². The van der Waals surface area contributed by atoms with Crippen LogP contribution in [0.2, 0.25) is 0 Å². The first-order valence-electron chi connectivity index (χ1n) is 10.3. The van der Waals surface area contributed by atoms with Crippen LogP contribution < -0.4 is 10.2 Å². The van der Waals surface area contributed by atoms with Gasteiger partial charge >= 0.3 is 0 Å². The van der Waals surface area contributed by atoms with Gasteiger partial charge in [0, 0.05) is 48.7 Å². The molecule has 0 saturated carbocycles. The van der Waals surface area contributed by atoms with Crippen molar-refractivity contribution in [2.45, 2.75) is 6.92 Å². The molecule has 1 heterocycles. The summed E-state index contributed by atoms with van der Waals surface area (Å²) in [4.78, 5) is 29.0. The fraction of sp³-hybridized carbons (Fsp3) is 0.200. The molecule has 5 nitrogen and oxygen atoms in total. The number of carbonyl (C=O) groups excluding carboxylic acids is 2. The Hall–Kier alpha value is -3.67. The first-order chi connectivity index (χ1) is 15.0. The summed E-state index contributed by atoms with van der Waals surface area (Å²) in [5, 5.41) is 2.78. The lowest BCUT2D eigenvalue weighted by molar-refractivity contribution is 0.0746. The van der Waals surface area contributed by atoms with Crippen molar-refractivity contribution in [2.24, 2.45) is 0 Å². The standard InChI is InChI=1S/C25H24FN3O2/c1-18-5-7-19(8-6-18)25(31)29-15-13-28(14-16-29)23-11-9-22(10-12-23)27-24(30)20-3-2-4-21(26)17-20/h2-12,17H,13-16H2,1H3,(H,27,30). The molecule has 3 aromatic rings. The minimum atomic E-state index is -0.442. The predicted molar refractivity (Wildman–Crippen MR) is 120 cm³/mol. The fourth-order valence-corrected chi connectivity index (χ4v) is 3.64. The Labute approximate surface area is 181 Å². The Morgan fingerprint density at radius 1 is 0.839 bits per heavy atom. The van der Waals surface area contributed by atoms with Crippen LogP contribution in [-0.4, -0.2) is 42.9 Å². The molecule has 158 valence electrons. The number of aryl methyl sites for hydroxylation is 1. The van der Waals surface area contributed by atoms with Crippen molar-refractivity contribution in [1.82, 2.24) is 4.90 Å². The van der Waals surface area contributed by atoms with E-state index in [4.69, 9.17) is 0 Å². The van der Waals surface area contributed by atoms with E-state index >= 15 is 0 Å². The van der Waals surface area contributed by atoms with Gasteiger partial charge in [-0.1, -0.05) is 23.8 Å². The number of carbonyl (C=O) groups is 2. The second-order valence-corrected chi connectivity index (χ2v) is 7.66. The molecule has 0 bridgehead atoms. The van der Waals surface area contributed by atoms with E-state index in [9.17, 15) is 14.0 Å². The third-order valence-corrected chi connectivity index (χ3v) is 5.44. The van der Waals surface area contributed by atoms with E-state index in [0.717, 1.165) is 29.9 Å². The van der Waals surface area contributed by atoms with Crippen LogP contribution >= 0.6 is 0 Å². The number of benzene rings is 3. The molecule has 0 unspecified atom stereocenters. The molecule has 6 heteroatoms. The van der Waals surface area contributed by atoms with Crippen molar-refractivity contribution in [1.29, 1.82) is 0 Å². The van der Waals surface area contributed by atoms with Crippen molar-refractivity contribution >= 4 is 23.2 Å². The number of piperazine rings is 1. The minimum Gasteiger partial charge on any atom is -0.368 e. The van der Waals surface area contributed by atoms with Gasteiger partial charge in [-0.05, 0) is 61.5 Å². The number of nitrogens with one attached hydrogen (secondary N) is 1. The average molecular weight is 417 g/mol. The normalized spacial score (nSPS) is 13.7. The molecule has 1 aliphatic heterocycles. The van der Waals surface area contributed by atoms with E-state index in [1.807, 2.05) is 60.4 Å². The Bertz CT molecular complexity index is 1070. The Kier molecular flexibility index (Phi) is 5.98. The van der Waals surface area contributed by atoms with Gasteiger partial charge in [0.2, 0.25) is 0 Å². The van der Waals surface area contributed by atoms with Gasteiger partial charge < -0.3 is 15.1 Å². The second-order valence-electron chi connectivity index (χ2n) is 7.66. The number of halogens is 1. The van der Waals surface area contributed by atoms with Crippen molar-refractivity contribution in [3.63, 3.8) is 0 Å². The highest BCUT2D eigenvalue weighted by Crippen LogP contribution is 2.21. The maximum Gasteiger partial charge on any atom is 0.255 e. The topological polar surface area (TPSA) is 52.7 Å². The molecule has 1 saturated heterocycles. The van der Waals surface area contributed by atoms with E-state index in [2.05, 4.69) is 10.2 Å². The quantitative estimate of drug-likeness (QED) is 0.687. The lowest BCUT2D eigenvalue weighted by atomic mass is 10.1. The van der Waals surface area contributed by atoms with Crippen molar-refractivity contribution in [2.75, 3.05) is 36.4 Å². The largest absolute Gasteiger partial charge is 0.368 e. The van der Waals surface area contributed by atoms with Crippen LogP contribution in [0.1, 0.15) is 26.3 Å². The Morgan fingerprint density at radius 2 is 1.52 bits per heavy atom. The molecule has 0 atom stereocenters. The minimum absolute atomic E-state index is 0.0649. The van der Waals surface area contributed by atoms with Gasteiger partial charge in [0.25, 0.3) is 11.8 Å². The number of nitrogens with zero attached hydrogens (tertiary/aromatic N) is 2. The van der Waals surface area contributed by atoms with Crippen LogP contribution in [0.4, 0.5) is 15.8 Å². The summed E-state index contributed by atoms with van der Waals surface area (Å²) in [5.74, 6) is -0.728. The van der Waals surface area contributed by atoms with Crippen LogP contribution in [-0.2, 0) is 0 Å². The van der Waals surface area contributed by atoms with E-state index in [0.29, 0.717) is 18.8 Å². The van der Waals surface area contributed by atoms with E-state index in [-0.39, 0.29) is 17.4 Å². The number of anilines is 2. The number of rotatable bonds is 4. The first-order valence-corrected chi connectivity index (χ1v) is 10.3. The summed E-state index contributed by atoms with van der Waals surface area (Å²) in [7, 11) is 0. The third kappa shape index (κ3) is 4.91. The molecule has 31 heavy (non-hydrogen) atoms. The van der Waals surface area contributed by atoms with Crippen LogP contribution in [0.3, 0.4) is 0 Å². The van der Waals surface area contributed by atoms with Gasteiger partial charge in [0.1, 0.15) is 5.82 Å². The molecule has 3 aromatic carbocycles. The van der Waals surface area contributed by atoms with Crippen molar-refractivity contribution in [3.8, 4) is 0 Å². The number of hydrogen-bond acceptors (Lipinski definition) is 3. The van der Waals surface area contributed by atoms with Gasteiger partial charge in [-0.2, -0.15) is 0 Å². The highest BCUT2D eigenvalue weighted by atomic mass is 19.1. The van der Waals surface area contributed by atoms with Crippen LogP contribution in [0.25, 0.3) is 0 Å². The zero-order chi connectivity index (χ0) is 21.8. The van der Waals surface area contributed by atoms with Gasteiger partial charge in [-0.25, -0.2) is 4.39 Å². The maximum absolute atomic E-state index is 13.3. The summed E-state index contributed by atoms with van der Waals surface area (Å²) in [6.45, 7) is 4.81. The van der Waals surface area contributed by atoms with E-state index in [1.54, 1.807) is 6.07 Å². The molecule has 1 N–H and O–H groups in total. The lowest BCUT2D eigenvalue weighted by Gasteiger charge is -2.36. The van der Waals surface area contributed by atoms with Gasteiger partial charge in [0.05, 0.1) is 0 Å². The second kappa shape index (κ2) is 9.00. The van der Waals surface area contributed by atoms with Gasteiger partial charge in [-0.3, -0.25) is 9.59 Å². The summed E-state index contributed by atoms with van der Waals surface area (Å²) < 4.78 is 13.3. The third-order valence-electron chi connectivity index (χ3n) is 5.44. The molecule has 2 amide bonds. The summed E-state index contributed by atoms with van der Waals surface area (Å²) >= 11 is 0. The Balaban J connectivity index is 1.33. The average Bonchev–Trinajstić information content (AvgIpc) is 2.80. The predicted octanol–water partition coefficient (Wildman–Crippen LogP) is 4.35. The SMILES string of the molecule is Cc1ccc(C(=O)N2CCN(c3ccc(NC(=O)c4cccc(F)c4)cc3)CC2)cc1. The smallest absolute Gasteiger partial charge is 0.255 e. The first kappa shape index (κ1) is 20.6. The molecular weight excluding hydrogens is 393 g/mol. The monoisotopic (exact) mass is 417 g/mol. The van der Waals surface area contributed by atoms with E-state index < -0.39 is 5.82 Å². The van der Waals surface area contributed by atoms with Crippen LogP contribution in [0.5, 0.6) is 0 Å². The van der Waals surface area contributed by atoms with Crippen LogP contribution in [0.15, 0.2) is 72.8 Å². The molecular formula is C25H24FN3O2. The molecule has 4 rings (SSSR count). The molecule has 0 radical (unpaired) electrons. The molecule has 0 spiro atoms. The van der Waals surface area contributed by atoms with Gasteiger partial charge in [-0.15, -0.1) is 0 Å². The molecule has 0 aliphatic carbocycles. The molecule has 1 fully saturated rings.